The van der Waals surface area contributed by atoms with Crippen LogP contribution in [0.1, 0.15) is 67.2 Å². The van der Waals surface area contributed by atoms with Crippen molar-refractivity contribution >= 4 is 29.6 Å². The fourth-order valence-electron chi connectivity index (χ4n) is 3.96. The average Bonchev–Trinajstić information content (AvgIpc) is 2.80. The van der Waals surface area contributed by atoms with Crippen LogP contribution in [0.3, 0.4) is 0 Å². The number of amides is 4. The number of esters is 1. The number of carbonyl (C=O) groups is 5. The molecule has 0 saturated heterocycles. The number of Topliss-reactive ketones (excluding diaryl/α,β-unsaturated/α-hetero) is 1. The van der Waals surface area contributed by atoms with Gasteiger partial charge < -0.3 is 26.0 Å². The highest BCUT2D eigenvalue weighted by Crippen LogP contribution is 2.19. The van der Waals surface area contributed by atoms with Crippen LogP contribution in [0.5, 0.6) is 0 Å². The number of carbonyl (C=O) groups excluding carboxylic acids is 5. The third-order valence-electron chi connectivity index (χ3n) is 6.29. The zero-order valence-corrected chi connectivity index (χ0v) is 22.7. The monoisotopic (exact) mass is 508 g/mol. The van der Waals surface area contributed by atoms with E-state index in [1.807, 2.05) is 27.7 Å². The topological polar surface area (TPSA) is 143 Å². The Morgan fingerprint density at radius 2 is 1.61 bits per heavy atom. The Morgan fingerprint density at radius 3 is 2.17 bits per heavy atom. The summed E-state index contributed by atoms with van der Waals surface area (Å²) in [7, 11) is 1.25. The first-order valence-electron chi connectivity index (χ1n) is 12.8. The normalized spacial score (nSPS) is 21.9. The van der Waals surface area contributed by atoms with Gasteiger partial charge in [-0.1, -0.05) is 54.0 Å². The smallest absolute Gasteiger partial charge is 0.328 e. The Kier molecular flexibility index (Phi) is 13.2. The van der Waals surface area contributed by atoms with E-state index < -0.39 is 30.0 Å². The van der Waals surface area contributed by atoms with Gasteiger partial charge in [0.15, 0.2) is 5.78 Å². The molecule has 0 unspecified atom stereocenters. The minimum absolute atomic E-state index is 0.0273. The van der Waals surface area contributed by atoms with Crippen LogP contribution in [-0.4, -0.2) is 61.4 Å². The highest BCUT2D eigenvalue weighted by atomic mass is 16.5. The molecular weight excluding hydrogens is 464 g/mol. The zero-order chi connectivity index (χ0) is 27.4. The van der Waals surface area contributed by atoms with Crippen molar-refractivity contribution < 1.29 is 28.7 Å². The molecular formula is C26H44N4O6. The number of urea groups is 1. The summed E-state index contributed by atoms with van der Waals surface area (Å²) >= 11 is 0. The van der Waals surface area contributed by atoms with Crippen LogP contribution in [0.15, 0.2) is 12.2 Å². The number of nitrogens with one attached hydrogen (secondary N) is 4. The van der Waals surface area contributed by atoms with Gasteiger partial charge in [0, 0.05) is 31.0 Å². The van der Waals surface area contributed by atoms with Gasteiger partial charge in [-0.15, -0.1) is 0 Å². The van der Waals surface area contributed by atoms with Gasteiger partial charge in [0.25, 0.3) is 0 Å². The van der Waals surface area contributed by atoms with Crippen molar-refractivity contribution in [2.45, 2.75) is 85.4 Å². The van der Waals surface area contributed by atoms with E-state index in [1.54, 1.807) is 19.9 Å². The van der Waals surface area contributed by atoms with E-state index in [1.165, 1.54) is 13.2 Å². The Balaban J connectivity index is 2.98. The summed E-state index contributed by atoms with van der Waals surface area (Å²) < 4.78 is 4.76. The summed E-state index contributed by atoms with van der Waals surface area (Å²) in [5, 5.41) is 11.1. The van der Waals surface area contributed by atoms with Crippen molar-refractivity contribution in [1.82, 2.24) is 21.3 Å². The summed E-state index contributed by atoms with van der Waals surface area (Å²) in [6.45, 7) is 11.6. The molecule has 10 heteroatoms. The first-order valence-corrected chi connectivity index (χ1v) is 12.8. The number of ether oxygens (including phenoxy) is 1. The molecule has 36 heavy (non-hydrogen) atoms. The lowest BCUT2D eigenvalue weighted by Gasteiger charge is -2.27. The number of hydrogen-bond donors (Lipinski definition) is 4. The number of hydrogen-bond acceptors (Lipinski definition) is 6. The molecule has 4 atom stereocenters. The lowest BCUT2D eigenvalue weighted by molar-refractivity contribution is -0.144. The van der Waals surface area contributed by atoms with Crippen molar-refractivity contribution in [3.63, 3.8) is 0 Å². The van der Waals surface area contributed by atoms with E-state index in [0.29, 0.717) is 25.8 Å². The van der Waals surface area contributed by atoms with E-state index in [4.69, 9.17) is 4.74 Å². The molecule has 0 aliphatic carbocycles. The van der Waals surface area contributed by atoms with Crippen molar-refractivity contribution in [1.29, 1.82) is 0 Å². The molecule has 1 heterocycles. The molecule has 0 aromatic carbocycles. The Morgan fingerprint density at radius 1 is 1.00 bits per heavy atom. The molecule has 0 saturated carbocycles. The van der Waals surface area contributed by atoms with Crippen molar-refractivity contribution in [2.75, 3.05) is 13.7 Å². The highest BCUT2D eigenvalue weighted by Gasteiger charge is 2.32. The second-order valence-electron chi connectivity index (χ2n) is 10.4. The molecule has 0 aromatic rings. The minimum Gasteiger partial charge on any atom is -0.467 e. The number of rotatable bonds is 9. The summed E-state index contributed by atoms with van der Waals surface area (Å²) in [4.78, 5) is 63.0. The van der Waals surface area contributed by atoms with Crippen LogP contribution in [0.2, 0.25) is 0 Å². The summed E-state index contributed by atoms with van der Waals surface area (Å²) in [5.41, 5.74) is 0. The predicted octanol–water partition coefficient (Wildman–Crippen LogP) is 2.08. The van der Waals surface area contributed by atoms with E-state index >= 15 is 0 Å². The van der Waals surface area contributed by atoms with Gasteiger partial charge in [-0.2, -0.15) is 0 Å². The maximum atomic E-state index is 13.3. The molecule has 1 rings (SSSR count). The van der Waals surface area contributed by atoms with Crippen molar-refractivity contribution in [2.24, 2.45) is 23.7 Å². The molecule has 0 bridgehead atoms. The van der Waals surface area contributed by atoms with Crippen LogP contribution < -0.4 is 21.3 Å². The van der Waals surface area contributed by atoms with Gasteiger partial charge >= 0.3 is 12.0 Å². The number of methoxy groups -OCH3 is 1. The van der Waals surface area contributed by atoms with Crippen LogP contribution in [0, 0.1) is 23.7 Å². The van der Waals surface area contributed by atoms with E-state index in [9.17, 15) is 24.0 Å². The Labute approximate surface area is 214 Å². The zero-order valence-electron chi connectivity index (χ0n) is 22.7. The van der Waals surface area contributed by atoms with E-state index in [-0.39, 0.29) is 47.8 Å². The Bertz CT molecular complexity index is 808. The van der Waals surface area contributed by atoms with Crippen LogP contribution in [0.4, 0.5) is 4.79 Å². The molecule has 0 aromatic heterocycles. The first-order chi connectivity index (χ1) is 16.9. The summed E-state index contributed by atoms with van der Waals surface area (Å²) in [6.07, 6.45) is 4.91. The third-order valence-corrected chi connectivity index (χ3v) is 6.29. The molecule has 4 N–H and O–H groups in total. The van der Waals surface area contributed by atoms with E-state index in [0.717, 1.165) is 0 Å². The quantitative estimate of drug-likeness (QED) is 0.351. The maximum absolute atomic E-state index is 13.3. The maximum Gasteiger partial charge on any atom is 0.328 e. The fraction of sp³-hybridized carbons (Fsp3) is 0.731. The largest absolute Gasteiger partial charge is 0.467 e. The van der Waals surface area contributed by atoms with Crippen LogP contribution in [0.25, 0.3) is 0 Å². The van der Waals surface area contributed by atoms with Gasteiger partial charge in [0.05, 0.1) is 13.2 Å². The molecule has 0 spiro atoms. The minimum atomic E-state index is -0.850. The SMILES string of the molecule is COC(=O)[C@@H](NC(=O)N[C@H](C(=O)C[C@H]1CCCCNC(=O)/C=C/[C@H](C(C)C)NC1=O)C(C)C)C(C)C. The third kappa shape index (κ3) is 10.4. The van der Waals surface area contributed by atoms with Gasteiger partial charge in [0.2, 0.25) is 11.8 Å². The fourth-order valence-corrected chi connectivity index (χ4v) is 3.96. The summed E-state index contributed by atoms with van der Waals surface area (Å²) in [5.74, 6) is -2.21. The molecule has 10 nitrogen and oxygen atoms in total. The van der Waals surface area contributed by atoms with Gasteiger partial charge in [-0.25, -0.2) is 9.59 Å². The molecule has 1 aliphatic rings. The molecule has 0 fully saturated rings. The Hall–Kier alpha value is -2.91. The average molecular weight is 509 g/mol. The van der Waals surface area contributed by atoms with Crippen LogP contribution >= 0.6 is 0 Å². The highest BCUT2D eigenvalue weighted by molar-refractivity contribution is 5.93. The van der Waals surface area contributed by atoms with Gasteiger partial charge in [-0.05, 0) is 30.6 Å². The van der Waals surface area contributed by atoms with Crippen molar-refractivity contribution in [3.05, 3.63) is 12.2 Å². The number of ketones is 1. The predicted molar refractivity (Wildman–Crippen MR) is 137 cm³/mol. The molecule has 1 aliphatic heterocycles. The molecule has 0 radical (unpaired) electrons. The van der Waals surface area contributed by atoms with Crippen molar-refractivity contribution in [3.8, 4) is 0 Å². The standard InChI is InChI=1S/C26H44N4O6/c1-15(2)19-11-12-21(32)27-13-9-8-10-18(24(33)28-19)14-20(31)22(16(3)4)29-26(35)30-23(17(5)6)25(34)36-7/h11-12,15-19,22-23H,8-10,13-14H2,1-7H3,(H,27,32)(H,28,33)(H2,29,30,35)/b12-11+/t18-,19-,22+,23+/m1/s1. The lowest BCUT2D eigenvalue weighted by atomic mass is 9.88. The molecule has 204 valence electrons. The first kappa shape index (κ1) is 31.1. The van der Waals surface area contributed by atoms with Crippen LogP contribution in [-0.2, 0) is 23.9 Å². The van der Waals surface area contributed by atoms with Gasteiger partial charge in [0.1, 0.15) is 6.04 Å². The lowest BCUT2D eigenvalue weighted by Crippen LogP contribution is -2.54. The molecule has 4 amide bonds. The second kappa shape index (κ2) is 15.3. The second-order valence-corrected chi connectivity index (χ2v) is 10.4. The summed E-state index contributed by atoms with van der Waals surface area (Å²) in [6, 6.07) is -2.67. The van der Waals surface area contributed by atoms with E-state index in [2.05, 4.69) is 21.3 Å². The van der Waals surface area contributed by atoms with Gasteiger partial charge in [-0.3, -0.25) is 14.4 Å².